The third-order valence-electron chi connectivity index (χ3n) is 2.78. The lowest BCUT2D eigenvalue weighted by atomic mass is 10.1. The summed E-state index contributed by atoms with van der Waals surface area (Å²) in [6, 6.07) is 11.0. The number of nitrogens with two attached hydrogens (primary N) is 1. The van der Waals surface area contributed by atoms with E-state index in [1.54, 1.807) is 37.3 Å². The summed E-state index contributed by atoms with van der Waals surface area (Å²) in [5.41, 5.74) is 6.92. The third kappa shape index (κ3) is 3.45. The van der Waals surface area contributed by atoms with Crippen LogP contribution in [-0.2, 0) is 6.61 Å². The molecule has 2 rings (SSSR count). The molecule has 0 aliphatic rings. The molecular weight excluding hydrogens is 245 g/mol. The number of ether oxygens (including phenoxy) is 1. The first-order valence-electron chi connectivity index (χ1n) is 6.02. The van der Waals surface area contributed by atoms with Crippen LogP contribution in [0, 0.1) is 5.82 Å². The standard InChI is InChI=1S/C15H16FNO2/c1-10(17)14-6-5-13(8-15(14)16)19-9-11-3-2-4-12(18)7-11/h2-8,10,18H,9,17H2,1H3/t10-/m0/s1. The highest BCUT2D eigenvalue weighted by Crippen LogP contribution is 2.21. The molecule has 0 aliphatic carbocycles. The van der Waals surface area contributed by atoms with Crippen molar-refractivity contribution in [3.8, 4) is 11.5 Å². The maximum Gasteiger partial charge on any atom is 0.131 e. The molecule has 0 spiro atoms. The lowest BCUT2D eigenvalue weighted by Gasteiger charge is -2.10. The van der Waals surface area contributed by atoms with Crippen molar-refractivity contribution in [1.82, 2.24) is 0 Å². The Bertz CT molecular complexity index is 570. The maximum atomic E-state index is 13.7. The number of hydrogen-bond donors (Lipinski definition) is 2. The molecule has 0 aliphatic heterocycles. The van der Waals surface area contributed by atoms with E-state index in [9.17, 15) is 9.50 Å². The van der Waals surface area contributed by atoms with E-state index in [1.807, 2.05) is 6.07 Å². The van der Waals surface area contributed by atoms with Crippen LogP contribution >= 0.6 is 0 Å². The molecule has 0 amide bonds. The fourth-order valence-corrected chi connectivity index (χ4v) is 1.78. The normalized spacial score (nSPS) is 12.2. The highest BCUT2D eigenvalue weighted by molar-refractivity contribution is 5.31. The molecule has 1 atom stereocenters. The molecular formula is C15H16FNO2. The number of hydrogen-bond acceptors (Lipinski definition) is 3. The van der Waals surface area contributed by atoms with Gasteiger partial charge in [-0.2, -0.15) is 0 Å². The predicted octanol–water partition coefficient (Wildman–Crippen LogP) is 3.13. The fourth-order valence-electron chi connectivity index (χ4n) is 1.78. The van der Waals surface area contributed by atoms with Crippen LogP contribution < -0.4 is 10.5 Å². The first kappa shape index (κ1) is 13.4. The Balaban J connectivity index is 2.06. The molecule has 0 unspecified atom stereocenters. The van der Waals surface area contributed by atoms with Gasteiger partial charge in [-0.3, -0.25) is 0 Å². The SMILES string of the molecule is C[C@H](N)c1ccc(OCc2cccc(O)c2)cc1F. The first-order chi connectivity index (χ1) is 9.06. The highest BCUT2D eigenvalue weighted by atomic mass is 19.1. The maximum absolute atomic E-state index is 13.7. The molecule has 19 heavy (non-hydrogen) atoms. The van der Waals surface area contributed by atoms with Crippen LogP contribution in [0.2, 0.25) is 0 Å². The highest BCUT2D eigenvalue weighted by Gasteiger charge is 2.08. The van der Waals surface area contributed by atoms with Gasteiger partial charge < -0.3 is 15.6 Å². The zero-order valence-corrected chi connectivity index (χ0v) is 10.6. The van der Waals surface area contributed by atoms with Crippen LogP contribution in [-0.4, -0.2) is 5.11 Å². The van der Waals surface area contributed by atoms with E-state index in [4.69, 9.17) is 10.5 Å². The summed E-state index contributed by atoms with van der Waals surface area (Å²) in [6.45, 7) is 2.00. The summed E-state index contributed by atoms with van der Waals surface area (Å²) in [5.74, 6) is 0.244. The van der Waals surface area contributed by atoms with Gasteiger partial charge in [0.1, 0.15) is 23.9 Å². The molecule has 0 bridgehead atoms. The summed E-state index contributed by atoms with van der Waals surface area (Å²) in [4.78, 5) is 0. The smallest absolute Gasteiger partial charge is 0.131 e. The zero-order chi connectivity index (χ0) is 13.8. The molecule has 0 saturated carbocycles. The number of phenols is 1. The molecule has 2 aromatic rings. The number of benzene rings is 2. The number of rotatable bonds is 4. The van der Waals surface area contributed by atoms with Gasteiger partial charge in [0.2, 0.25) is 0 Å². The lowest BCUT2D eigenvalue weighted by Crippen LogP contribution is -2.07. The largest absolute Gasteiger partial charge is 0.508 e. The van der Waals surface area contributed by atoms with Crippen LogP contribution in [0.3, 0.4) is 0 Å². The molecule has 2 aromatic carbocycles. The topological polar surface area (TPSA) is 55.5 Å². The minimum absolute atomic E-state index is 0.180. The molecule has 100 valence electrons. The minimum atomic E-state index is -0.372. The molecule has 4 heteroatoms. The van der Waals surface area contributed by atoms with Gasteiger partial charge in [0, 0.05) is 17.7 Å². The van der Waals surface area contributed by atoms with E-state index in [0.29, 0.717) is 11.3 Å². The summed E-state index contributed by atoms with van der Waals surface area (Å²) < 4.78 is 19.2. The van der Waals surface area contributed by atoms with Crippen LogP contribution in [0.25, 0.3) is 0 Å². The van der Waals surface area contributed by atoms with Crippen LogP contribution in [0.5, 0.6) is 11.5 Å². The van der Waals surface area contributed by atoms with Gasteiger partial charge in [0.15, 0.2) is 0 Å². The van der Waals surface area contributed by atoms with Crippen molar-refractivity contribution >= 4 is 0 Å². The van der Waals surface area contributed by atoms with Crippen molar-refractivity contribution in [2.75, 3.05) is 0 Å². The van der Waals surface area contributed by atoms with E-state index in [2.05, 4.69) is 0 Å². The zero-order valence-electron chi connectivity index (χ0n) is 10.6. The molecule has 3 N–H and O–H groups in total. The Labute approximate surface area is 111 Å². The van der Waals surface area contributed by atoms with Crippen molar-refractivity contribution in [1.29, 1.82) is 0 Å². The number of phenolic OH excluding ortho intramolecular Hbond substituents is 1. The molecule has 0 radical (unpaired) electrons. The van der Waals surface area contributed by atoms with E-state index in [1.165, 1.54) is 6.07 Å². The quantitative estimate of drug-likeness (QED) is 0.889. The van der Waals surface area contributed by atoms with Gasteiger partial charge in [0.25, 0.3) is 0 Å². The van der Waals surface area contributed by atoms with Gasteiger partial charge in [-0.25, -0.2) is 4.39 Å². The van der Waals surface area contributed by atoms with Crippen molar-refractivity contribution < 1.29 is 14.2 Å². The van der Waals surface area contributed by atoms with Crippen LogP contribution in [0.15, 0.2) is 42.5 Å². The summed E-state index contributed by atoms with van der Waals surface area (Å²) in [5, 5.41) is 9.32. The van der Waals surface area contributed by atoms with Gasteiger partial charge in [-0.05, 0) is 30.7 Å². The Kier molecular flexibility index (Phi) is 4.02. The second kappa shape index (κ2) is 5.71. The van der Waals surface area contributed by atoms with Crippen LogP contribution in [0.1, 0.15) is 24.1 Å². The molecule has 0 heterocycles. The average Bonchev–Trinajstić information content (AvgIpc) is 2.36. The van der Waals surface area contributed by atoms with Crippen molar-refractivity contribution in [3.63, 3.8) is 0 Å². The molecule has 0 saturated heterocycles. The average molecular weight is 261 g/mol. The summed E-state index contributed by atoms with van der Waals surface area (Å²) in [6.07, 6.45) is 0. The second-order valence-corrected chi connectivity index (χ2v) is 4.43. The summed E-state index contributed by atoms with van der Waals surface area (Å²) >= 11 is 0. The van der Waals surface area contributed by atoms with E-state index in [-0.39, 0.29) is 24.2 Å². The Morgan fingerprint density at radius 3 is 2.68 bits per heavy atom. The molecule has 3 nitrogen and oxygen atoms in total. The van der Waals surface area contributed by atoms with Crippen molar-refractivity contribution in [2.45, 2.75) is 19.6 Å². The molecule has 0 aromatic heterocycles. The summed E-state index contributed by atoms with van der Waals surface area (Å²) in [7, 11) is 0. The minimum Gasteiger partial charge on any atom is -0.508 e. The van der Waals surface area contributed by atoms with E-state index < -0.39 is 0 Å². The lowest BCUT2D eigenvalue weighted by molar-refractivity contribution is 0.303. The van der Waals surface area contributed by atoms with E-state index >= 15 is 0 Å². The predicted molar refractivity (Wildman–Crippen MR) is 71.4 cm³/mol. The van der Waals surface area contributed by atoms with Gasteiger partial charge in [0.05, 0.1) is 0 Å². The Morgan fingerprint density at radius 1 is 1.26 bits per heavy atom. The van der Waals surface area contributed by atoms with Gasteiger partial charge in [-0.1, -0.05) is 18.2 Å². The molecule has 0 fully saturated rings. The second-order valence-electron chi connectivity index (χ2n) is 4.43. The van der Waals surface area contributed by atoms with Gasteiger partial charge >= 0.3 is 0 Å². The van der Waals surface area contributed by atoms with Crippen molar-refractivity contribution in [3.05, 3.63) is 59.4 Å². The van der Waals surface area contributed by atoms with Gasteiger partial charge in [-0.15, -0.1) is 0 Å². The monoisotopic (exact) mass is 261 g/mol. The Morgan fingerprint density at radius 2 is 2.05 bits per heavy atom. The first-order valence-corrected chi connectivity index (χ1v) is 6.02. The number of aromatic hydroxyl groups is 1. The number of halogens is 1. The third-order valence-corrected chi connectivity index (χ3v) is 2.78. The Hall–Kier alpha value is -2.07. The fraction of sp³-hybridized carbons (Fsp3) is 0.200. The van der Waals surface area contributed by atoms with Crippen molar-refractivity contribution in [2.24, 2.45) is 5.73 Å². The van der Waals surface area contributed by atoms with Crippen LogP contribution in [0.4, 0.5) is 4.39 Å². The van der Waals surface area contributed by atoms with E-state index in [0.717, 1.165) is 5.56 Å².